The first kappa shape index (κ1) is 15.7. The average Bonchev–Trinajstić information content (AvgIpc) is 2.41. The van der Waals surface area contributed by atoms with Gasteiger partial charge in [0.05, 0.1) is 15.5 Å². The lowest BCUT2D eigenvalue weighted by atomic mass is 10.2. The Hall–Kier alpha value is -1.70. The van der Waals surface area contributed by atoms with Crippen molar-refractivity contribution in [3.8, 4) is 0 Å². The zero-order valence-corrected chi connectivity index (χ0v) is 12.7. The second-order valence-corrected chi connectivity index (χ2v) is 6.77. The molecular formula is C12H8Cl2N2O4S. The van der Waals surface area contributed by atoms with E-state index in [-0.39, 0.29) is 26.3 Å². The van der Waals surface area contributed by atoms with Crippen LogP contribution in [0.2, 0.25) is 10.0 Å². The molecule has 0 bridgehead atoms. The van der Waals surface area contributed by atoms with Crippen LogP contribution in [-0.2, 0) is 15.6 Å². The number of hydrogen-bond donors (Lipinski definition) is 1. The zero-order valence-electron chi connectivity index (χ0n) is 10.3. The van der Waals surface area contributed by atoms with Crippen LogP contribution in [0.1, 0.15) is 16.2 Å². The Morgan fingerprint density at radius 2 is 1.81 bits per heavy atom. The van der Waals surface area contributed by atoms with E-state index in [1.807, 2.05) is 0 Å². The lowest BCUT2D eigenvalue weighted by Crippen LogP contribution is -2.10. The predicted octanol–water partition coefficient (Wildman–Crippen LogP) is 2.46. The first-order chi connectivity index (χ1) is 9.81. The summed E-state index contributed by atoms with van der Waals surface area (Å²) in [4.78, 5) is 18.3. The van der Waals surface area contributed by atoms with Gasteiger partial charge in [-0.3, -0.25) is 0 Å². The van der Waals surface area contributed by atoms with Crippen LogP contribution in [-0.4, -0.2) is 29.5 Å². The molecular weight excluding hydrogens is 339 g/mol. The first-order valence-corrected chi connectivity index (χ1v) is 7.93. The number of rotatable bonds is 4. The summed E-state index contributed by atoms with van der Waals surface area (Å²) < 4.78 is 24.7. The number of halogens is 2. The molecule has 1 aromatic heterocycles. The van der Waals surface area contributed by atoms with E-state index in [0.29, 0.717) is 0 Å². The van der Waals surface area contributed by atoms with Gasteiger partial charge in [0.1, 0.15) is 11.6 Å². The Bertz CT molecular complexity index is 794. The molecule has 1 heterocycles. The molecule has 0 unspecified atom stereocenters. The highest BCUT2D eigenvalue weighted by molar-refractivity contribution is 7.90. The summed E-state index contributed by atoms with van der Waals surface area (Å²) in [5, 5.41) is 8.58. The molecule has 2 rings (SSSR count). The molecule has 0 saturated carbocycles. The third kappa shape index (κ3) is 3.49. The van der Waals surface area contributed by atoms with Crippen LogP contribution in [0.15, 0.2) is 35.5 Å². The van der Waals surface area contributed by atoms with Crippen LogP contribution >= 0.6 is 23.2 Å². The lowest BCUT2D eigenvalue weighted by Gasteiger charge is -2.09. The van der Waals surface area contributed by atoms with Crippen molar-refractivity contribution in [3.05, 3.63) is 52.0 Å². The summed E-state index contributed by atoms with van der Waals surface area (Å²) in [7, 11) is -3.93. The minimum Gasteiger partial charge on any atom is -0.478 e. The maximum atomic E-state index is 12.3. The summed E-state index contributed by atoms with van der Waals surface area (Å²) in [5.41, 5.74) is -0.378. The molecule has 0 aliphatic rings. The third-order valence-electron chi connectivity index (χ3n) is 2.51. The number of aromatic carboxylic acids is 1. The van der Waals surface area contributed by atoms with E-state index >= 15 is 0 Å². The topological polar surface area (TPSA) is 97.2 Å². The Balaban J connectivity index is 2.53. The molecule has 9 heteroatoms. The molecule has 1 aromatic carbocycles. The molecule has 0 radical (unpaired) electrons. The quantitative estimate of drug-likeness (QED) is 0.912. The summed E-state index contributed by atoms with van der Waals surface area (Å²) >= 11 is 11.6. The van der Waals surface area contributed by atoms with Crippen LogP contribution in [0.5, 0.6) is 0 Å². The maximum absolute atomic E-state index is 12.3. The molecule has 0 fully saturated rings. The minimum absolute atomic E-state index is 0.0376. The van der Waals surface area contributed by atoms with Crippen molar-refractivity contribution in [1.29, 1.82) is 0 Å². The second kappa shape index (κ2) is 5.97. The molecule has 0 spiro atoms. The smallest absolute Gasteiger partial charge is 0.337 e. The highest BCUT2D eigenvalue weighted by Crippen LogP contribution is 2.31. The van der Waals surface area contributed by atoms with Crippen LogP contribution in [0.25, 0.3) is 0 Å². The Labute approximate surface area is 130 Å². The molecule has 21 heavy (non-hydrogen) atoms. The van der Waals surface area contributed by atoms with Crippen molar-refractivity contribution in [2.24, 2.45) is 0 Å². The minimum atomic E-state index is -3.93. The van der Waals surface area contributed by atoms with E-state index in [9.17, 15) is 13.2 Å². The Morgan fingerprint density at radius 3 is 2.38 bits per heavy atom. The van der Waals surface area contributed by atoms with Crippen LogP contribution < -0.4 is 0 Å². The number of carboxylic acid groups (broad SMARTS) is 1. The summed E-state index contributed by atoms with van der Waals surface area (Å²) in [6, 6.07) is 3.74. The maximum Gasteiger partial charge on any atom is 0.337 e. The van der Waals surface area contributed by atoms with Gasteiger partial charge in [-0.2, -0.15) is 0 Å². The number of hydrogen-bond acceptors (Lipinski definition) is 5. The number of aromatic nitrogens is 2. The molecule has 2 aromatic rings. The van der Waals surface area contributed by atoms with Gasteiger partial charge in [-0.1, -0.05) is 23.2 Å². The Kier molecular flexibility index (Phi) is 4.46. The lowest BCUT2D eigenvalue weighted by molar-refractivity contribution is 0.0697. The monoisotopic (exact) mass is 346 g/mol. The molecule has 0 aliphatic heterocycles. The van der Waals surface area contributed by atoms with Crippen molar-refractivity contribution >= 4 is 39.0 Å². The molecule has 0 saturated heterocycles. The number of sulfone groups is 1. The molecule has 0 amide bonds. The number of carboxylic acids is 1. The largest absolute Gasteiger partial charge is 0.478 e. The van der Waals surface area contributed by atoms with Crippen LogP contribution in [0, 0.1) is 0 Å². The molecule has 0 aliphatic carbocycles. The molecule has 1 N–H and O–H groups in total. The van der Waals surface area contributed by atoms with E-state index in [2.05, 4.69) is 9.97 Å². The zero-order chi connectivity index (χ0) is 15.6. The van der Waals surface area contributed by atoms with E-state index in [0.717, 1.165) is 12.1 Å². The van der Waals surface area contributed by atoms with Crippen molar-refractivity contribution in [2.45, 2.75) is 10.6 Å². The van der Waals surface area contributed by atoms with Crippen LogP contribution in [0.4, 0.5) is 0 Å². The van der Waals surface area contributed by atoms with Gasteiger partial charge >= 0.3 is 5.97 Å². The van der Waals surface area contributed by atoms with Gasteiger partial charge in [0, 0.05) is 17.4 Å². The van der Waals surface area contributed by atoms with Crippen molar-refractivity contribution < 1.29 is 18.3 Å². The van der Waals surface area contributed by atoms with Gasteiger partial charge < -0.3 is 5.11 Å². The normalized spacial score (nSPS) is 11.3. The first-order valence-electron chi connectivity index (χ1n) is 5.52. The third-order valence-corrected chi connectivity index (χ3v) is 4.88. The van der Waals surface area contributed by atoms with Gasteiger partial charge in [-0.25, -0.2) is 23.2 Å². The van der Waals surface area contributed by atoms with Gasteiger partial charge in [-0.05, 0) is 18.2 Å². The number of carbonyl (C=O) groups is 1. The fraction of sp³-hybridized carbons (Fsp3) is 0.0833. The van der Waals surface area contributed by atoms with E-state index < -0.39 is 21.6 Å². The van der Waals surface area contributed by atoms with Crippen LogP contribution in [0.3, 0.4) is 0 Å². The second-order valence-electron chi connectivity index (χ2n) is 3.99. The predicted molar refractivity (Wildman–Crippen MR) is 76.3 cm³/mol. The van der Waals surface area contributed by atoms with Crippen molar-refractivity contribution in [2.75, 3.05) is 0 Å². The average molecular weight is 347 g/mol. The summed E-state index contributed by atoms with van der Waals surface area (Å²) in [6.45, 7) is 0. The van der Waals surface area contributed by atoms with Gasteiger partial charge in [-0.15, -0.1) is 0 Å². The highest BCUT2D eigenvalue weighted by Gasteiger charge is 2.25. The van der Waals surface area contributed by atoms with Gasteiger partial charge in [0.25, 0.3) is 0 Å². The fourth-order valence-corrected chi connectivity index (χ4v) is 3.76. The summed E-state index contributed by atoms with van der Waals surface area (Å²) in [6.07, 6.45) is 2.81. The van der Waals surface area contributed by atoms with E-state index in [4.69, 9.17) is 28.3 Å². The van der Waals surface area contributed by atoms with E-state index in [1.54, 1.807) is 6.07 Å². The molecule has 6 nitrogen and oxygen atoms in total. The summed E-state index contributed by atoms with van der Waals surface area (Å²) in [5.74, 6) is -1.80. The van der Waals surface area contributed by atoms with Crippen molar-refractivity contribution in [3.63, 3.8) is 0 Å². The number of benzene rings is 1. The van der Waals surface area contributed by atoms with Crippen molar-refractivity contribution in [1.82, 2.24) is 9.97 Å². The van der Waals surface area contributed by atoms with E-state index in [1.165, 1.54) is 12.4 Å². The molecule has 0 atom stereocenters. The highest BCUT2D eigenvalue weighted by atomic mass is 35.5. The Morgan fingerprint density at radius 1 is 1.19 bits per heavy atom. The fourth-order valence-electron chi connectivity index (χ4n) is 1.60. The number of nitrogens with zero attached hydrogens (tertiary/aromatic N) is 2. The SMILES string of the molecule is O=C(O)c1cc(Cl)cc(S(=O)(=O)Cc2ncccn2)c1Cl. The van der Waals surface area contributed by atoms with Gasteiger partial charge in [0.2, 0.25) is 0 Å². The molecule has 110 valence electrons. The standard InChI is InChI=1S/C12H8Cl2N2O4S/c13-7-4-8(12(17)18)11(14)9(5-7)21(19,20)6-10-15-2-1-3-16-10/h1-5H,6H2,(H,17,18). The van der Waals surface area contributed by atoms with Gasteiger partial charge in [0.15, 0.2) is 9.84 Å².